The molecule has 2 aliphatic carbocycles. The number of sulfonamides is 1. The zero-order valence-electron chi connectivity index (χ0n) is 16.3. The Labute approximate surface area is 166 Å². The van der Waals surface area contributed by atoms with E-state index in [0.29, 0.717) is 17.2 Å². The first-order valence-corrected chi connectivity index (χ1v) is 11.2. The average Bonchev–Trinajstić information content (AvgIpc) is 3.31. The smallest absolute Gasteiger partial charge is 0.264 e. The van der Waals surface area contributed by atoms with Gasteiger partial charge in [-0.15, -0.1) is 0 Å². The molecule has 0 radical (unpaired) electrons. The molecule has 148 valence electrons. The van der Waals surface area contributed by atoms with Crippen LogP contribution in [-0.4, -0.2) is 27.4 Å². The first kappa shape index (κ1) is 19.0. The van der Waals surface area contributed by atoms with Crippen molar-refractivity contribution in [1.29, 1.82) is 0 Å². The van der Waals surface area contributed by atoms with Gasteiger partial charge in [0.25, 0.3) is 15.9 Å². The van der Waals surface area contributed by atoms with Crippen molar-refractivity contribution >= 4 is 21.6 Å². The number of amides is 1. The summed E-state index contributed by atoms with van der Waals surface area (Å²) in [4.78, 5) is 12.8. The van der Waals surface area contributed by atoms with Gasteiger partial charge >= 0.3 is 0 Å². The zero-order chi connectivity index (χ0) is 19.9. The van der Waals surface area contributed by atoms with Crippen LogP contribution in [-0.2, 0) is 10.0 Å². The first-order chi connectivity index (χ1) is 13.3. The summed E-state index contributed by atoms with van der Waals surface area (Å²) in [6, 6.07) is 13.8. The lowest BCUT2D eigenvalue weighted by molar-refractivity contribution is 0.0923. The predicted molar refractivity (Wildman–Crippen MR) is 110 cm³/mol. The number of hydrogen-bond acceptors (Lipinski definition) is 3. The maximum atomic E-state index is 12.8. The quantitative estimate of drug-likeness (QED) is 0.834. The molecule has 28 heavy (non-hydrogen) atoms. The third-order valence-corrected chi connectivity index (χ3v) is 8.03. The highest BCUT2D eigenvalue weighted by Gasteiger charge is 2.40. The van der Waals surface area contributed by atoms with Crippen LogP contribution >= 0.6 is 0 Å². The highest BCUT2D eigenvalue weighted by Crippen LogP contribution is 2.44. The van der Waals surface area contributed by atoms with E-state index in [9.17, 15) is 13.2 Å². The molecule has 2 fully saturated rings. The zero-order valence-corrected chi connectivity index (χ0v) is 17.1. The molecule has 0 aliphatic heterocycles. The summed E-state index contributed by atoms with van der Waals surface area (Å²) in [5, 5.41) is 3.17. The van der Waals surface area contributed by atoms with Crippen molar-refractivity contribution in [2.75, 3.05) is 11.4 Å². The number of nitrogens with zero attached hydrogens (tertiary/aromatic N) is 1. The number of anilines is 1. The van der Waals surface area contributed by atoms with E-state index in [0.717, 1.165) is 17.9 Å². The normalized spacial score (nSPS) is 23.6. The maximum absolute atomic E-state index is 12.8. The minimum absolute atomic E-state index is 0.0758. The Bertz CT molecular complexity index is 968. The van der Waals surface area contributed by atoms with Crippen LogP contribution in [0.2, 0.25) is 0 Å². The maximum Gasteiger partial charge on any atom is 0.264 e. The van der Waals surface area contributed by atoms with Gasteiger partial charge in [-0.1, -0.05) is 24.1 Å². The fourth-order valence-corrected chi connectivity index (χ4v) is 5.70. The summed E-state index contributed by atoms with van der Waals surface area (Å²) in [6.07, 6.45) is 4.85. The van der Waals surface area contributed by atoms with Crippen LogP contribution in [0.25, 0.3) is 0 Å². The lowest BCUT2D eigenvalue weighted by Gasteiger charge is -2.23. The minimum Gasteiger partial charge on any atom is -0.349 e. The van der Waals surface area contributed by atoms with E-state index in [4.69, 9.17) is 0 Å². The molecular weight excluding hydrogens is 372 g/mol. The Morgan fingerprint density at radius 2 is 1.68 bits per heavy atom. The van der Waals surface area contributed by atoms with Gasteiger partial charge in [-0.25, -0.2) is 8.42 Å². The summed E-state index contributed by atoms with van der Waals surface area (Å²) in [6.45, 7) is 1.92. The molecule has 1 amide bonds. The molecule has 5 nitrogen and oxygen atoms in total. The van der Waals surface area contributed by atoms with E-state index in [-0.39, 0.29) is 16.8 Å². The molecule has 1 N–H and O–H groups in total. The van der Waals surface area contributed by atoms with Crippen molar-refractivity contribution in [2.24, 2.45) is 11.8 Å². The number of aryl methyl sites for hydroxylation is 1. The molecule has 2 bridgehead atoms. The van der Waals surface area contributed by atoms with Gasteiger partial charge in [-0.05, 0) is 74.4 Å². The van der Waals surface area contributed by atoms with E-state index in [2.05, 4.69) is 5.32 Å². The third-order valence-electron chi connectivity index (χ3n) is 6.23. The molecule has 0 unspecified atom stereocenters. The molecular formula is C22H26N2O3S. The molecule has 2 aromatic rings. The van der Waals surface area contributed by atoms with Crippen LogP contribution < -0.4 is 9.62 Å². The van der Waals surface area contributed by atoms with E-state index in [1.165, 1.54) is 30.6 Å². The van der Waals surface area contributed by atoms with Crippen LogP contribution in [0.5, 0.6) is 0 Å². The van der Waals surface area contributed by atoms with Crippen molar-refractivity contribution in [1.82, 2.24) is 5.32 Å². The molecule has 4 rings (SSSR count). The van der Waals surface area contributed by atoms with Gasteiger partial charge in [0.1, 0.15) is 0 Å². The summed E-state index contributed by atoms with van der Waals surface area (Å²) in [7, 11) is -2.11. The number of carbonyl (C=O) groups excluding carboxylic acids is 1. The van der Waals surface area contributed by atoms with Crippen molar-refractivity contribution in [2.45, 2.75) is 43.5 Å². The number of fused-ring (bicyclic) bond motifs is 2. The van der Waals surface area contributed by atoms with Crippen LogP contribution in [0.15, 0.2) is 53.4 Å². The predicted octanol–water partition coefficient (Wildman–Crippen LogP) is 3.74. The standard InChI is InChI=1S/C22H26N2O3S/c1-15-3-11-20(12-4-15)28(26,27)24(2)19-9-7-17(8-10-19)22(25)23-21-14-16-5-6-18(21)13-16/h3-4,7-12,16,18,21H,5-6,13-14H2,1-2H3,(H,23,25)/t16-,18-,21-/m1/s1. The van der Waals surface area contributed by atoms with Gasteiger partial charge in [0.15, 0.2) is 0 Å². The minimum atomic E-state index is -3.63. The lowest BCUT2D eigenvalue weighted by atomic mass is 9.95. The number of carbonyl (C=O) groups is 1. The summed E-state index contributed by atoms with van der Waals surface area (Å²) < 4.78 is 26.9. The molecule has 0 saturated heterocycles. The van der Waals surface area contributed by atoms with Crippen molar-refractivity contribution < 1.29 is 13.2 Å². The Kier molecular flexibility index (Phi) is 4.91. The first-order valence-electron chi connectivity index (χ1n) is 9.81. The number of hydrogen-bond donors (Lipinski definition) is 1. The van der Waals surface area contributed by atoms with Crippen LogP contribution in [0.1, 0.15) is 41.6 Å². The Morgan fingerprint density at radius 3 is 2.25 bits per heavy atom. The van der Waals surface area contributed by atoms with E-state index >= 15 is 0 Å². The van der Waals surface area contributed by atoms with Gasteiger partial charge in [0.2, 0.25) is 0 Å². The molecule has 2 saturated carbocycles. The fraction of sp³-hybridized carbons (Fsp3) is 0.409. The van der Waals surface area contributed by atoms with Gasteiger partial charge in [-0.2, -0.15) is 0 Å². The van der Waals surface area contributed by atoms with E-state index in [1.54, 1.807) is 48.5 Å². The van der Waals surface area contributed by atoms with E-state index in [1.807, 2.05) is 6.92 Å². The largest absolute Gasteiger partial charge is 0.349 e. The highest BCUT2D eigenvalue weighted by atomic mass is 32.2. The molecule has 2 aliphatic rings. The SMILES string of the molecule is Cc1ccc(S(=O)(=O)N(C)c2ccc(C(=O)N[C@@H]3C[C@@H]4CC[C@@H]3C4)cc2)cc1. The molecule has 0 spiro atoms. The summed E-state index contributed by atoms with van der Waals surface area (Å²) in [5.41, 5.74) is 2.09. The summed E-state index contributed by atoms with van der Waals surface area (Å²) in [5.74, 6) is 1.32. The molecule has 0 aromatic heterocycles. The van der Waals surface area contributed by atoms with Crippen molar-refractivity contribution in [3.63, 3.8) is 0 Å². The van der Waals surface area contributed by atoms with Gasteiger partial charge in [-0.3, -0.25) is 9.10 Å². The van der Waals surface area contributed by atoms with Gasteiger partial charge in [0, 0.05) is 18.7 Å². The monoisotopic (exact) mass is 398 g/mol. The van der Waals surface area contributed by atoms with Gasteiger partial charge < -0.3 is 5.32 Å². The topological polar surface area (TPSA) is 66.5 Å². The second kappa shape index (κ2) is 7.24. The van der Waals surface area contributed by atoms with Crippen molar-refractivity contribution in [3.05, 3.63) is 59.7 Å². The fourth-order valence-electron chi connectivity index (χ4n) is 4.50. The number of benzene rings is 2. The van der Waals surface area contributed by atoms with E-state index < -0.39 is 10.0 Å². The Hall–Kier alpha value is -2.34. The lowest BCUT2D eigenvalue weighted by Crippen LogP contribution is -2.38. The third kappa shape index (κ3) is 3.53. The Morgan fingerprint density at radius 1 is 1.00 bits per heavy atom. The second-order valence-corrected chi connectivity index (χ2v) is 10.1. The highest BCUT2D eigenvalue weighted by molar-refractivity contribution is 7.92. The van der Waals surface area contributed by atoms with Crippen LogP contribution in [0.4, 0.5) is 5.69 Å². The number of rotatable bonds is 5. The van der Waals surface area contributed by atoms with Gasteiger partial charge in [0.05, 0.1) is 10.6 Å². The molecule has 6 heteroatoms. The Balaban J connectivity index is 1.46. The molecule has 3 atom stereocenters. The molecule has 2 aromatic carbocycles. The summed E-state index contributed by atoms with van der Waals surface area (Å²) >= 11 is 0. The number of nitrogens with one attached hydrogen (secondary N) is 1. The molecule has 0 heterocycles. The average molecular weight is 399 g/mol. The van der Waals surface area contributed by atoms with Crippen LogP contribution in [0, 0.1) is 18.8 Å². The second-order valence-electron chi connectivity index (χ2n) is 8.09. The van der Waals surface area contributed by atoms with Crippen molar-refractivity contribution in [3.8, 4) is 0 Å². The van der Waals surface area contributed by atoms with Crippen LogP contribution in [0.3, 0.4) is 0 Å².